The van der Waals surface area contributed by atoms with Gasteiger partial charge in [-0.15, -0.1) is 0 Å². The summed E-state index contributed by atoms with van der Waals surface area (Å²) in [6.07, 6.45) is 0.977. The summed E-state index contributed by atoms with van der Waals surface area (Å²) in [6, 6.07) is 12.6. The molecule has 2 aromatic carbocycles. The molecular formula is C19H20N4O3S2. The van der Waals surface area contributed by atoms with E-state index in [0.29, 0.717) is 37.0 Å². The van der Waals surface area contributed by atoms with Crippen molar-refractivity contribution in [3.63, 3.8) is 0 Å². The molecule has 2 heterocycles. The van der Waals surface area contributed by atoms with Crippen molar-refractivity contribution in [3.05, 3.63) is 48.0 Å². The monoisotopic (exact) mass is 416 g/mol. The minimum absolute atomic E-state index is 0.0582. The largest absolute Gasteiger partial charge is 0.326 e. The van der Waals surface area contributed by atoms with Crippen molar-refractivity contribution in [1.82, 2.24) is 13.1 Å². The van der Waals surface area contributed by atoms with E-state index < -0.39 is 10.0 Å². The smallest absolute Gasteiger partial charge is 0.245 e. The Bertz CT molecular complexity index is 1120. The molecule has 1 amide bonds. The number of rotatable bonds is 4. The lowest BCUT2D eigenvalue weighted by Crippen LogP contribution is -2.41. The van der Waals surface area contributed by atoms with Gasteiger partial charge in [-0.1, -0.05) is 24.3 Å². The maximum atomic E-state index is 13.1. The number of amides is 1. The SMILES string of the molecule is Cc1ccccc1NC(=O)C1CCN(S(=O)(=O)c2cccc3nsnc23)CC1. The van der Waals surface area contributed by atoms with Gasteiger partial charge >= 0.3 is 0 Å². The van der Waals surface area contributed by atoms with E-state index in [2.05, 4.69) is 14.1 Å². The molecule has 1 saturated heterocycles. The predicted octanol–water partition coefficient (Wildman–Crippen LogP) is 3.04. The maximum Gasteiger partial charge on any atom is 0.245 e. The second-order valence-corrected chi connectivity index (χ2v) is 9.31. The molecule has 146 valence electrons. The first-order valence-electron chi connectivity index (χ1n) is 9.05. The van der Waals surface area contributed by atoms with Gasteiger partial charge in [-0.2, -0.15) is 13.1 Å². The molecule has 0 spiro atoms. The van der Waals surface area contributed by atoms with Crippen LogP contribution in [0.3, 0.4) is 0 Å². The van der Waals surface area contributed by atoms with Crippen molar-refractivity contribution in [1.29, 1.82) is 0 Å². The lowest BCUT2D eigenvalue weighted by molar-refractivity contribution is -0.120. The standard InChI is InChI=1S/C19H20N4O3S2/c1-13-5-2-3-6-15(13)20-19(24)14-9-11-23(12-10-14)28(25,26)17-8-4-7-16-18(17)22-27-21-16/h2-8,14H,9-12H2,1H3,(H,20,24). The minimum Gasteiger partial charge on any atom is -0.326 e. The van der Waals surface area contributed by atoms with Crippen LogP contribution >= 0.6 is 11.7 Å². The second kappa shape index (κ2) is 7.57. The van der Waals surface area contributed by atoms with Crippen molar-refractivity contribution in [2.24, 2.45) is 5.92 Å². The topological polar surface area (TPSA) is 92.3 Å². The first-order valence-corrected chi connectivity index (χ1v) is 11.2. The highest BCUT2D eigenvalue weighted by Crippen LogP contribution is 2.28. The number of piperidine rings is 1. The van der Waals surface area contributed by atoms with E-state index in [4.69, 9.17) is 0 Å². The van der Waals surface area contributed by atoms with Crippen LogP contribution in [-0.2, 0) is 14.8 Å². The molecule has 0 unspecified atom stereocenters. The molecular weight excluding hydrogens is 396 g/mol. The number of hydrogen-bond donors (Lipinski definition) is 1. The van der Waals surface area contributed by atoms with Crippen molar-refractivity contribution in [3.8, 4) is 0 Å². The Morgan fingerprint density at radius 3 is 2.61 bits per heavy atom. The zero-order chi connectivity index (χ0) is 19.7. The molecule has 0 atom stereocenters. The van der Waals surface area contributed by atoms with E-state index in [-0.39, 0.29) is 16.7 Å². The third kappa shape index (κ3) is 3.52. The average molecular weight is 417 g/mol. The van der Waals surface area contributed by atoms with Crippen LogP contribution in [0.15, 0.2) is 47.4 Å². The Hall–Kier alpha value is -2.36. The lowest BCUT2D eigenvalue weighted by Gasteiger charge is -2.30. The highest BCUT2D eigenvalue weighted by atomic mass is 32.2. The Labute approximate surface area is 167 Å². The molecule has 0 saturated carbocycles. The fourth-order valence-corrected chi connectivity index (χ4v) is 5.66. The first-order chi connectivity index (χ1) is 13.5. The van der Waals surface area contributed by atoms with Gasteiger partial charge in [0.15, 0.2) is 0 Å². The van der Waals surface area contributed by atoms with Crippen molar-refractivity contribution >= 4 is 44.4 Å². The number of fused-ring (bicyclic) bond motifs is 1. The lowest BCUT2D eigenvalue weighted by atomic mass is 9.97. The molecule has 1 fully saturated rings. The molecule has 1 aromatic heterocycles. The summed E-state index contributed by atoms with van der Waals surface area (Å²) >= 11 is 1.00. The highest BCUT2D eigenvalue weighted by molar-refractivity contribution is 7.89. The summed E-state index contributed by atoms with van der Waals surface area (Å²) in [5.74, 6) is -0.264. The number of para-hydroxylation sites is 1. The quantitative estimate of drug-likeness (QED) is 0.706. The van der Waals surface area contributed by atoms with Gasteiger partial charge in [0.1, 0.15) is 15.9 Å². The van der Waals surface area contributed by atoms with Crippen LogP contribution in [-0.4, -0.2) is 40.5 Å². The van der Waals surface area contributed by atoms with Gasteiger partial charge in [-0.25, -0.2) is 8.42 Å². The third-order valence-electron chi connectivity index (χ3n) is 5.09. The number of anilines is 1. The zero-order valence-corrected chi connectivity index (χ0v) is 17.0. The molecule has 1 N–H and O–H groups in total. The van der Waals surface area contributed by atoms with Crippen LogP contribution in [0, 0.1) is 12.8 Å². The number of benzene rings is 2. The number of hydrogen-bond acceptors (Lipinski definition) is 6. The molecule has 0 aliphatic carbocycles. The van der Waals surface area contributed by atoms with Gasteiger partial charge in [0.2, 0.25) is 15.9 Å². The van der Waals surface area contributed by atoms with E-state index in [0.717, 1.165) is 23.0 Å². The van der Waals surface area contributed by atoms with Crippen LogP contribution in [0.2, 0.25) is 0 Å². The number of nitrogens with zero attached hydrogens (tertiary/aromatic N) is 3. The fraction of sp³-hybridized carbons (Fsp3) is 0.316. The van der Waals surface area contributed by atoms with Crippen LogP contribution < -0.4 is 5.32 Å². The summed E-state index contributed by atoms with van der Waals surface area (Å²) in [7, 11) is -3.67. The van der Waals surface area contributed by atoms with Crippen molar-refractivity contribution in [2.75, 3.05) is 18.4 Å². The number of aryl methyl sites for hydroxylation is 1. The molecule has 28 heavy (non-hydrogen) atoms. The Kier molecular flexibility index (Phi) is 5.13. The van der Waals surface area contributed by atoms with E-state index >= 15 is 0 Å². The molecule has 4 rings (SSSR count). The second-order valence-electron chi connectivity index (χ2n) is 6.87. The number of carbonyl (C=O) groups is 1. The normalized spacial score (nSPS) is 16.3. The van der Waals surface area contributed by atoms with Gasteiger partial charge in [0, 0.05) is 24.7 Å². The van der Waals surface area contributed by atoms with E-state index in [9.17, 15) is 13.2 Å². The molecule has 1 aliphatic rings. The molecule has 0 bridgehead atoms. The van der Waals surface area contributed by atoms with Gasteiger partial charge in [-0.3, -0.25) is 4.79 Å². The Balaban J connectivity index is 1.46. The number of nitrogens with one attached hydrogen (secondary N) is 1. The Morgan fingerprint density at radius 2 is 1.86 bits per heavy atom. The summed E-state index contributed by atoms with van der Waals surface area (Å²) in [6.45, 7) is 2.56. The van der Waals surface area contributed by atoms with Gasteiger partial charge in [0.05, 0.1) is 11.7 Å². The number of sulfonamides is 1. The molecule has 0 radical (unpaired) electrons. The van der Waals surface area contributed by atoms with Crippen LogP contribution in [0.25, 0.3) is 11.0 Å². The van der Waals surface area contributed by atoms with E-state index in [1.807, 2.05) is 31.2 Å². The summed E-state index contributed by atoms with van der Waals surface area (Å²) in [5, 5.41) is 2.96. The molecule has 3 aromatic rings. The molecule has 7 nitrogen and oxygen atoms in total. The zero-order valence-electron chi connectivity index (χ0n) is 15.3. The van der Waals surface area contributed by atoms with E-state index in [1.54, 1.807) is 18.2 Å². The van der Waals surface area contributed by atoms with Crippen LogP contribution in [0.4, 0.5) is 5.69 Å². The van der Waals surface area contributed by atoms with Crippen molar-refractivity contribution in [2.45, 2.75) is 24.7 Å². The molecule has 9 heteroatoms. The summed E-state index contributed by atoms with van der Waals surface area (Å²) < 4.78 is 35.8. The summed E-state index contributed by atoms with van der Waals surface area (Å²) in [4.78, 5) is 12.8. The van der Waals surface area contributed by atoms with E-state index in [1.165, 1.54) is 4.31 Å². The predicted molar refractivity (Wildman–Crippen MR) is 109 cm³/mol. The Morgan fingerprint density at radius 1 is 1.11 bits per heavy atom. The molecule has 1 aliphatic heterocycles. The number of carbonyl (C=O) groups excluding carboxylic acids is 1. The first kappa shape index (κ1) is 19.0. The summed E-state index contributed by atoms with van der Waals surface area (Å²) in [5.41, 5.74) is 2.79. The number of aromatic nitrogens is 2. The van der Waals surface area contributed by atoms with Gasteiger partial charge < -0.3 is 5.32 Å². The third-order valence-corrected chi connectivity index (χ3v) is 7.57. The highest BCUT2D eigenvalue weighted by Gasteiger charge is 2.33. The van der Waals surface area contributed by atoms with Crippen LogP contribution in [0.1, 0.15) is 18.4 Å². The van der Waals surface area contributed by atoms with Gasteiger partial charge in [-0.05, 0) is 43.5 Å². The maximum absolute atomic E-state index is 13.1. The minimum atomic E-state index is -3.67. The van der Waals surface area contributed by atoms with Gasteiger partial charge in [0.25, 0.3) is 0 Å². The van der Waals surface area contributed by atoms with Crippen LogP contribution in [0.5, 0.6) is 0 Å². The fourth-order valence-electron chi connectivity index (χ4n) is 3.43. The average Bonchev–Trinajstić information content (AvgIpc) is 3.18. The van der Waals surface area contributed by atoms with Crippen molar-refractivity contribution < 1.29 is 13.2 Å².